The third kappa shape index (κ3) is 3.68. The predicted molar refractivity (Wildman–Crippen MR) is 88.4 cm³/mol. The summed E-state index contributed by atoms with van der Waals surface area (Å²) in [6, 6.07) is 20.4. The highest BCUT2D eigenvalue weighted by Crippen LogP contribution is 2.22. The Morgan fingerprint density at radius 2 is 1.57 bits per heavy atom. The van der Waals surface area contributed by atoms with Crippen LogP contribution in [0.3, 0.4) is 0 Å². The van der Waals surface area contributed by atoms with Crippen molar-refractivity contribution in [1.82, 2.24) is 10.6 Å². The molecule has 23 heavy (non-hydrogen) atoms. The Kier molecular flexibility index (Phi) is 4.24. The minimum absolute atomic E-state index is 0.362. The predicted octanol–water partition coefficient (Wildman–Crippen LogP) is 3.86. The molecule has 116 valence electrons. The molecule has 0 spiro atoms. The van der Waals surface area contributed by atoms with E-state index < -0.39 is 6.03 Å². The van der Waals surface area contributed by atoms with Gasteiger partial charge in [-0.1, -0.05) is 41.6 Å². The molecule has 3 rings (SSSR count). The van der Waals surface area contributed by atoms with Crippen molar-refractivity contribution in [1.29, 1.82) is 0 Å². The second kappa shape index (κ2) is 6.65. The minimum atomic E-state index is -0.411. The number of nitrogens with one attached hydrogen (secondary N) is 2. The van der Waals surface area contributed by atoms with Gasteiger partial charge in [-0.15, -0.1) is 0 Å². The Hall–Kier alpha value is -3.28. The normalized spacial score (nSPS) is 10.1. The average molecular weight is 308 g/mol. The monoisotopic (exact) mass is 308 g/mol. The summed E-state index contributed by atoms with van der Waals surface area (Å²) in [5.74, 6) is 0.990. The Balaban J connectivity index is 1.80. The number of amides is 2. The first kappa shape index (κ1) is 14.6. The molecule has 2 amide bonds. The fraction of sp³-hybridized carbons (Fsp3) is 0.0588. The fourth-order valence-electron chi connectivity index (χ4n) is 2.10. The van der Waals surface area contributed by atoms with Gasteiger partial charge in [-0.05, 0) is 31.2 Å². The zero-order valence-electron chi connectivity index (χ0n) is 12.6. The molecule has 0 unspecified atom stereocenters. The first-order valence-electron chi connectivity index (χ1n) is 7.13. The van der Waals surface area contributed by atoms with E-state index in [-0.39, 0.29) is 0 Å². The van der Waals surface area contributed by atoms with Crippen molar-refractivity contribution in [2.24, 2.45) is 0 Å². The van der Waals surface area contributed by atoms with Crippen LogP contribution in [0.25, 0.3) is 0 Å². The van der Waals surface area contributed by atoms with E-state index in [1.807, 2.05) is 60.7 Å². The van der Waals surface area contributed by atoms with Gasteiger partial charge in [-0.25, -0.2) is 10.2 Å². The molecular weight excluding hydrogens is 292 g/mol. The van der Waals surface area contributed by atoms with Crippen molar-refractivity contribution in [3.63, 3.8) is 0 Å². The molecule has 3 aromatic rings. The Bertz CT molecular complexity index is 732. The number of benzene rings is 2. The van der Waals surface area contributed by atoms with Crippen LogP contribution in [-0.2, 0) is 0 Å². The number of hydrazine groups is 1. The third-order valence-electron chi connectivity index (χ3n) is 3.11. The van der Waals surface area contributed by atoms with Crippen LogP contribution in [0, 0.1) is 6.92 Å². The van der Waals surface area contributed by atoms with E-state index in [0.717, 1.165) is 11.4 Å². The Morgan fingerprint density at radius 3 is 2.04 bits per heavy atom. The molecule has 0 aliphatic heterocycles. The number of urea groups is 1. The molecule has 0 saturated carbocycles. The van der Waals surface area contributed by atoms with Gasteiger partial charge in [-0.2, -0.15) is 0 Å². The molecule has 0 fully saturated rings. The van der Waals surface area contributed by atoms with E-state index in [0.29, 0.717) is 11.6 Å². The highest BCUT2D eigenvalue weighted by atomic mass is 16.5. The average Bonchev–Trinajstić information content (AvgIpc) is 2.99. The molecule has 6 nitrogen and oxygen atoms in total. The van der Waals surface area contributed by atoms with Crippen molar-refractivity contribution >= 4 is 23.2 Å². The van der Waals surface area contributed by atoms with Crippen LogP contribution in [0.2, 0.25) is 0 Å². The number of aryl methyl sites for hydroxylation is 1. The first-order valence-corrected chi connectivity index (χ1v) is 7.13. The van der Waals surface area contributed by atoms with Crippen LogP contribution in [0.4, 0.5) is 22.0 Å². The van der Waals surface area contributed by atoms with E-state index in [1.165, 1.54) is 0 Å². The number of carbonyl (C=O) groups excluding carboxylic acids is 1. The summed E-state index contributed by atoms with van der Waals surface area (Å²) < 4.78 is 4.93. The number of aromatic nitrogens is 1. The molecule has 0 aliphatic rings. The van der Waals surface area contributed by atoms with E-state index >= 15 is 0 Å². The number of hydrogen-bond donors (Lipinski definition) is 2. The Morgan fingerprint density at radius 1 is 1.00 bits per heavy atom. The molecule has 2 N–H and O–H groups in total. The second-order valence-electron chi connectivity index (χ2n) is 4.90. The molecule has 0 aliphatic carbocycles. The molecule has 0 radical (unpaired) electrons. The van der Waals surface area contributed by atoms with Crippen LogP contribution in [0.1, 0.15) is 5.76 Å². The van der Waals surface area contributed by atoms with E-state index in [4.69, 9.17) is 4.52 Å². The molecule has 1 heterocycles. The van der Waals surface area contributed by atoms with Crippen LogP contribution in [0.15, 0.2) is 71.3 Å². The quantitative estimate of drug-likeness (QED) is 0.718. The maximum atomic E-state index is 12.2. The van der Waals surface area contributed by atoms with Crippen molar-refractivity contribution in [2.45, 2.75) is 6.92 Å². The lowest BCUT2D eigenvalue weighted by molar-refractivity contribution is 0.252. The lowest BCUT2D eigenvalue weighted by Crippen LogP contribution is -2.41. The third-order valence-corrected chi connectivity index (χ3v) is 3.11. The van der Waals surface area contributed by atoms with Gasteiger partial charge < -0.3 is 4.52 Å². The summed E-state index contributed by atoms with van der Waals surface area (Å²) in [5, 5.41) is 8.08. The van der Waals surface area contributed by atoms with Gasteiger partial charge in [0.25, 0.3) is 0 Å². The van der Waals surface area contributed by atoms with Gasteiger partial charge >= 0.3 is 6.03 Å². The maximum Gasteiger partial charge on any atom is 0.339 e. The van der Waals surface area contributed by atoms with Crippen LogP contribution in [0.5, 0.6) is 0 Å². The summed E-state index contributed by atoms with van der Waals surface area (Å²) in [4.78, 5) is 12.2. The van der Waals surface area contributed by atoms with Gasteiger partial charge in [0.2, 0.25) is 0 Å². The van der Waals surface area contributed by atoms with E-state index in [9.17, 15) is 4.79 Å². The van der Waals surface area contributed by atoms with Crippen LogP contribution < -0.4 is 15.8 Å². The summed E-state index contributed by atoms with van der Waals surface area (Å²) in [7, 11) is 0. The first-order chi connectivity index (χ1) is 11.2. The molecule has 2 aromatic carbocycles. The standard InChI is InChI=1S/C17H16N4O2/c1-13-12-16(20-23-13)18-17(22)19-21(14-8-4-2-5-9-14)15-10-6-3-7-11-15/h2-12H,1H3,(H2,18,19,20,22). The second-order valence-corrected chi connectivity index (χ2v) is 4.90. The molecule has 0 saturated heterocycles. The molecule has 0 atom stereocenters. The summed E-state index contributed by atoms with van der Waals surface area (Å²) in [6.45, 7) is 1.76. The summed E-state index contributed by atoms with van der Waals surface area (Å²) >= 11 is 0. The molecule has 6 heteroatoms. The van der Waals surface area contributed by atoms with Gasteiger partial charge in [0.05, 0.1) is 11.4 Å². The van der Waals surface area contributed by atoms with E-state index in [2.05, 4.69) is 15.9 Å². The SMILES string of the molecule is Cc1cc(NC(=O)NN(c2ccccc2)c2ccccc2)no1. The summed E-state index contributed by atoms with van der Waals surface area (Å²) in [5.41, 5.74) is 4.49. The lowest BCUT2D eigenvalue weighted by Gasteiger charge is -2.25. The number of anilines is 3. The zero-order chi connectivity index (χ0) is 16.1. The number of hydrogen-bond acceptors (Lipinski definition) is 4. The largest absolute Gasteiger partial charge is 0.360 e. The topological polar surface area (TPSA) is 70.4 Å². The Labute approximate surface area is 133 Å². The van der Waals surface area contributed by atoms with Crippen molar-refractivity contribution < 1.29 is 9.32 Å². The van der Waals surface area contributed by atoms with Gasteiger partial charge in [0.1, 0.15) is 5.76 Å². The van der Waals surface area contributed by atoms with Gasteiger partial charge in [0.15, 0.2) is 5.82 Å². The number of rotatable bonds is 4. The smallest absolute Gasteiger partial charge is 0.339 e. The van der Waals surface area contributed by atoms with Crippen molar-refractivity contribution in [3.8, 4) is 0 Å². The molecular formula is C17H16N4O2. The van der Waals surface area contributed by atoms with Crippen molar-refractivity contribution in [2.75, 3.05) is 10.3 Å². The lowest BCUT2D eigenvalue weighted by atomic mass is 10.2. The zero-order valence-corrected chi connectivity index (χ0v) is 12.6. The number of para-hydroxylation sites is 2. The fourth-order valence-corrected chi connectivity index (χ4v) is 2.10. The maximum absolute atomic E-state index is 12.2. The summed E-state index contributed by atoms with van der Waals surface area (Å²) in [6.07, 6.45) is 0. The van der Waals surface area contributed by atoms with Crippen LogP contribution >= 0.6 is 0 Å². The van der Waals surface area contributed by atoms with E-state index in [1.54, 1.807) is 18.0 Å². The minimum Gasteiger partial charge on any atom is -0.360 e. The molecule has 0 bridgehead atoms. The van der Waals surface area contributed by atoms with Gasteiger partial charge in [0, 0.05) is 6.07 Å². The van der Waals surface area contributed by atoms with Gasteiger partial charge in [-0.3, -0.25) is 10.3 Å². The number of nitrogens with zero attached hydrogens (tertiary/aromatic N) is 2. The highest BCUT2D eigenvalue weighted by Gasteiger charge is 2.13. The highest BCUT2D eigenvalue weighted by molar-refractivity contribution is 5.90. The number of carbonyl (C=O) groups is 1. The van der Waals surface area contributed by atoms with Crippen molar-refractivity contribution in [3.05, 3.63) is 72.5 Å². The van der Waals surface area contributed by atoms with Crippen LogP contribution in [-0.4, -0.2) is 11.2 Å². The molecule has 1 aromatic heterocycles.